The summed E-state index contributed by atoms with van der Waals surface area (Å²) in [5.41, 5.74) is 1.77. The van der Waals surface area contributed by atoms with Crippen LogP contribution in [0.15, 0.2) is 24.3 Å². The zero-order chi connectivity index (χ0) is 15.0. The molecule has 112 valence electrons. The fourth-order valence-corrected chi connectivity index (χ4v) is 3.26. The molecule has 1 aromatic rings. The van der Waals surface area contributed by atoms with E-state index >= 15 is 0 Å². The van der Waals surface area contributed by atoms with Gasteiger partial charge in [-0.2, -0.15) is 0 Å². The maximum Gasteiger partial charge on any atom is 0.221 e. The molecule has 0 unspecified atom stereocenters. The first-order chi connectivity index (χ1) is 9.44. The molecule has 0 bridgehead atoms. The van der Waals surface area contributed by atoms with Crippen molar-refractivity contribution < 1.29 is 13.2 Å². The third-order valence-corrected chi connectivity index (χ3v) is 4.71. The number of rotatable bonds is 8. The van der Waals surface area contributed by atoms with E-state index in [1.807, 2.05) is 38.1 Å². The lowest BCUT2D eigenvalue weighted by Crippen LogP contribution is -2.26. The predicted molar refractivity (Wildman–Crippen MR) is 81.2 cm³/mol. The number of nitrogens with one attached hydrogen (secondary N) is 1. The fraction of sp³-hybridized carbons (Fsp3) is 0.533. The van der Waals surface area contributed by atoms with Crippen molar-refractivity contribution in [1.29, 1.82) is 0 Å². The first-order valence-electron chi connectivity index (χ1n) is 6.96. The summed E-state index contributed by atoms with van der Waals surface area (Å²) < 4.78 is 24.0. The highest BCUT2D eigenvalue weighted by molar-refractivity contribution is 7.90. The summed E-state index contributed by atoms with van der Waals surface area (Å²) in [4.78, 5) is 11.5. The third kappa shape index (κ3) is 6.19. The minimum atomic E-state index is -3.24. The number of amides is 1. The van der Waals surface area contributed by atoms with Gasteiger partial charge in [-0.15, -0.1) is 0 Å². The number of sulfone groups is 1. The lowest BCUT2D eigenvalue weighted by atomic mass is 10.1. The Balaban J connectivity index is 2.46. The molecular weight excluding hydrogens is 274 g/mol. The fourth-order valence-electron chi connectivity index (χ4n) is 1.82. The van der Waals surface area contributed by atoms with E-state index in [0.29, 0.717) is 6.54 Å². The van der Waals surface area contributed by atoms with Crippen LogP contribution in [0.4, 0.5) is 0 Å². The Kier molecular flexibility index (Phi) is 6.71. The normalized spacial score (nSPS) is 11.3. The van der Waals surface area contributed by atoms with E-state index in [0.717, 1.165) is 24.0 Å². The van der Waals surface area contributed by atoms with Crippen LogP contribution in [0.5, 0.6) is 0 Å². The topological polar surface area (TPSA) is 63.2 Å². The van der Waals surface area contributed by atoms with Crippen LogP contribution >= 0.6 is 0 Å². The molecule has 0 saturated carbocycles. The van der Waals surface area contributed by atoms with Crippen molar-refractivity contribution in [2.45, 2.75) is 38.9 Å². The van der Waals surface area contributed by atoms with Gasteiger partial charge in [-0.05, 0) is 24.5 Å². The summed E-state index contributed by atoms with van der Waals surface area (Å²) in [5.74, 6) is -0.284. The molecule has 0 radical (unpaired) electrons. The molecule has 0 aliphatic heterocycles. The van der Waals surface area contributed by atoms with Gasteiger partial charge in [0.2, 0.25) is 5.91 Å². The molecule has 0 aliphatic carbocycles. The van der Waals surface area contributed by atoms with Crippen LogP contribution in [0.3, 0.4) is 0 Å². The van der Waals surface area contributed by atoms with Gasteiger partial charge in [-0.25, -0.2) is 8.42 Å². The monoisotopic (exact) mass is 297 g/mol. The highest BCUT2D eigenvalue weighted by atomic mass is 32.2. The minimum absolute atomic E-state index is 0.00190. The van der Waals surface area contributed by atoms with Gasteiger partial charge in [0.15, 0.2) is 9.84 Å². The summed E-state index contributed by atoms with van der Waals surface area (Å²) in [5, 5.41) is 2.73. The van der Waals surface area contributed by atoms with Gasteiger partial charge in [-0.3, -0.25) is 4.79 Å². The highest BCUT2D eigenvalue weighted by Gasteiger charge is 2.15. The van der Waals surface area contributed by atoms with Crippen LogP contribution < -0.4 is 5.32 Å². The van der Waals surface area contributed by atoms with Gasteiger partial charge in [0.25, 0.3) is 0 Å². The summed E-state index contributed by atoms with van der Waals surface area (Å²) >= 11 is 0. The summed E-state index contributed by atoms with van der Waals surface area (Å²) in [6.07, 6.45) is 1.96. The number of carbonyl (C=O) groups excluding carboxylic acids is 1. The van der Waals surface area contributed by atoms with Crippen molar-refractivity contribution in [3.63, 3.8) is 0 Å². The predicted octanol–water partition coefficient (Wildman–Crippen LogP) is 2.22. The molecule has 0 aromatic heterocycles. The quantitative estimate of drug-likeness (QED) is 0.748. The molecule has 0 heterocycles. The first kappa shape index (κ1) is 16.7. The van der Waals surface area contributed by atoms with Crippen molar-refractivity contribution in [3.8, 4) is 0 Å². The standard InChI is InChI=1S/C15H23NO3S/c1-3-4-10-16-15(17)9-11-20(18,19)12-14-8-6-5-7-13(14)2/h5-8H,3-4,9-12H2,1-2H3,(H,16,17). The first-order valence-corrected chi connectivity index (χ1v) is 8.78. The maximum absolute atomic E-state index is 12.0. The SMILES string of the molecule is CCCCNC(=O)CCS(=O)(=O)Cc1ccccc1C. The van der Waals surface area contributed by atoms with Gasteiger partial charge in [0, 0.05) is 13.0 Å². The van der Waals surface area contributed by atoms with Crippen molar-refractivity contribution >= 4 is 15.7 Å². The minimum Gasteiger partial charge on any atom is -0.356 e. The van der Waals surface area contributed by atoms with Crippen LogP contribution in [-0.2, 0) is 20.4 Å². The number of aryl methyl sites for hydroxylation is 1. The van der Waals surface area contributed by atoms with Gasteiger partial charge in [-0.1, -0.05) is 37.6 Å². The van der Waals surface area contributed by atoms with Crippen molar-refractivity contribution in [2.24, 2.45) is 0 Å². The average molecular weight is 297 g/mol. The molecule has 1 N–H and O–H groups in total. The van der Waals surface area contributed by atoms with Crippen molar-refractivity contribution in [2.75, 3.05) is 12.3 Å². The van der Waals surface area contributed by atoms with Crippen LogP contribution in [0.2, 0.25) is 0 Å². The Morgan fingerprint density at radius 1 is 1.25 bits per heavy atom. The second-order valence-electron chi connectivity index (χ2n) is 4.97. The number of unbranched alkanes of at least 4 members (excludes halogenated alkanes) is 1. The summed E-state index contributed by atoms with van der Waals surface area (Å²) in [6, 6.07) is 7.42. The van der Waals surface area contributed by atoms with E-state index in [1.54, 1.807) is 0 Å². The molecule has 20 heavy (non-hydrogen) atoms. The largest absolute Gasteiger partial charge is 0.356 e. The molecule has 1 aromatic carbocycles. The maximum atomic E-state index is 12.0. The van der Waals surface area contributed by atoms with Crippen molar-refractivity contribution in [1.82, 2.24) is 5.32 Å². The molecule has 1 rings (SSSR count). The molecule has 0 atom stereocenters. The zero-order valence-corrected chi connectivity index (χ0v) is 13.0. The van der Waals surface area contributed by atoms with E-state index < -0.39 is 9.84 Å². The second-order valence-corrected chi connectivity index (χ2v) is 7.16. The molecular formula is C15H23NO3S. The molecule has 1 amide bonds. The Morgan fingerprint density at radius 3 is 2.60 bits per heavy atom. The number of hydrogen-bond donors (Lipinski definition) is 1. The van der Waals surface area contributed by atoms with Crippen molar-refractivity contribution in [3.05, 3.63) is 35.4 Å². The molecule has 0 saturated heterocycles. The third-order valence-electron chi connectivity index (χ3n) is 3.13. The lowest BCUT2D eigenvalue weighted by Gasteiger charge is -2.07. The second kappa shape index (κ2) is 8.04. The van der Waals surface area contributed by atoms with Crippen LogP contribution in [0, 0.1) is 6.92 Å². The Hall–Kier alpha value is -1.36. The van der Waals surface area contributed by atoms with Crippen LogP contribution in [0.25, 0.3) is 0 Å². The van der Waals surface area contributed by atoms with Gasteiger partial charge in [0.05, 0.1) is 11.5 Å². The van der Waals surface area contributed by atoms with Gasteiger partial charge >= 0.3 is 0 Å². The highest BCUT2D eigenvalue weighted by Crippen LogP contribution is 2.12. The van der Waals surface area contributed by atoms with E-state index in [-0.39, 0.29) is 23.8 Å². The van der Waals surface area contributed by atoms with Gasteiger partial charge < -0.3 is 5.32 Å². The summed E-state index contributed by atoms with van der Waals surface area (Å²) in [7, 11) is -3.24. The van der Waals surface area contributed by atoms with Crippen LogP contribution in [-0.4, -0.2) is 26.6 Å². The molecule has 0 aliphatic rings. The smallest absolute Gasteiger partial charge is 0.221 e. The Bertz CT molecular complexity index is 538. The zero-order valence-electron chi connectivity index (χ0n) is 12.2. The Morgan fingerprint density at radius 2 is 1.95 bits per heavy atom. The Labute approximate surface area is 121 Å². The molecule has 0 spiro atoms. The van der Waals surface area contributed by atoms with E-state index in [4.69, 9.17) is 0 Å². The number of carbonyl (C=O) groups is 1. The van der Waals surface area contributed by atoms with Gasteiger partial charge in [0.1, 0.15) is 0 Å². The van der Waals surface area contributed by atoms with E-state index in [9.17, 15) is 13.2 Å². The summed E-state index contributed by atoms with van der Waals surface area (Å²) in [6.45, 7) is 4.55. The lowest BCUT2D eigenvalue weighted by molar-refractivity contribution is -0.120. The molecule has 5 heteroatoms. The van der Waals surface area contributed by atoms with Crippen LogP contribution in [0.1, 0.15) is 37.3 Å². The molecule has 4 nitrogen and oxygen atoms in total. The van der Waals surface area contributed by atoms with E-state index in [2.05, 4.69) is 5.32 Å². The average Bonchev–Trinajstić information content (AvgIpc) is 2.39. The molecule has 0 fully saturated rings. The number of hydrogen-bond acceptors (Lipinski definition) is 3. The van der Waals surface area contributed by atoms with E-state index in [1.165, 1.54) is 0 Å². The number of benzene rings is 1.